The highest BCUT2D eigenvalue weighted by atomic mass is 32.1. The Morgan fingerprint density at radius 3 is 2.48 bits per heavy atom. The first-order valence-electron chi connectivity index (χ1n) is 7.20. The highest BCUT2D eigenvalue weighted by Gasteiger charge is 2.50. The van der Waals surface area contributed by atoms with Gasteiger partial charge in [0.15, 0.2) is 11.4 Å². The Hall–Kier alpha value is -1.47. The zero-order valence-electron chi connectivity index (χ0n) is 12.3. The van der Waals surface area contributed by atoms with Gasteiger partial charge in [-0.25, -0.2) is 9.37 Å². The lowest BCUT2D eigenvalue weighted by molar-refractivity contribution is -0.142. The van der Waals surface area contributed by atoms with Gasteiger partial charge in [0.1, 0.15) is 5.01 Å². The van der Waals surface area contributed by atoms with Gasteiger partial charge in [0, 0.05) is 18.2 Å². The number of benzene rings is 1. The minimum Gasteiger partial charge on any atom is -0.370 e. The average Bonchev–Trinajstić information content (AvgIpc) is 2.96. The Morgan fingerprint density at radius 1 is 1.26 bits per heavy atom. The van der Waals surface area contributed by atoms with Crippen molar-refractivity contribution >= 4 is 11.3 Å². The number of halogens is 4. The summed E-state index contributed by atoms with van der Waals surface area (Å²) in [6.07, 6.45) is -4.96. The first-order chi connectivity index (χ1) is 10.8. The predicted octanol–water partition coefficient (Wildman–Crippen LogP) is 5.27. The normalized spacial score (nSPS) is 25.9. The van der Waals surface area contributed by atoms with E-state index in [0.29, 0.717) is 11.3 Å². The second-order valence-corrected chi connectivity index (χ2v) is 6.58. The predicted molar refractivity (Wildman–Crippen MR) is 78.9 cm³/mol. The molecule has 0 radical (unpaired) electrons. The molecule has 1 heterocycles. The summed E-state index contributed by atoms with van der Waals surface area (Å²) in [5, 5.41) is 0.745. The van der Waals surface area contributed by atoms with Crippen molar-refractivity contribution in [3.05, 3.63) is 52.0 Å². The molecule has 3 rings (SSSR count). The van der Waals surface area contributed by atoms with E-state index in [9.17, 15) is 17.6 Å². The van der Waals surface area contributed by atoms with Crippen molar-refractivity contribution in [2.75, 3.05) is 0 Å². The van der Waals surface area contributed by atoms with E-state index in [-0.39, 0.29) is 30.1 Å². The third kappa shape index (κ3) is 3.40. The molecule has 2 nitrogen and oxygen atoms in total. The number of hydrogen-bond donors (Lipinski definition) is 0. The molecule has 0 amide bonds. The van der Waals surface area contributed by atoms with Gasteiger partial charge in [-0.3, -0.25) is 0 Å². The Kier molecular flexibility index (Phi) is 4.18. The second-order valence-electron chi connectivity index (χ2n) is 5.72. The van der Waals surface area contributed by atoms with Crippen molar-refractivity contribution in [1.29, 1.82) is 0 Å². The molecule has 124 valence electrons. The summed E-state index contributed by atoms with van der Waals surface area (Å²) >= 11 is 0.715. The lowest BCUT2D eigenvalue weighted by atomic mass is 9.79. The van der Waals surface area contributed by atoms with E-state index in [1.54, 1.807) is 0 Å². The van der Waals surface area contributed by atoms with Crippen LogP contribution in [0.1, 0.15) is 42.1 Å². The van der Waals surface area contributed by atoms with Gasteiger partial charge in [-0.2, -0.15) is 13.2 Å². The van der Waals surface area contributed by atoms with Crippen LogP contribution >= 0.6 is 11.3 Å². The molecule has 1 fully saturated rings. The fourth-order valence-corrected chi connectivity index (χ4v) is 3.57. The third-order valence-corrected chi connectivity index (χ3v) is 4.97. The van der Waals surface area contributed by atoms with Crippen molar-refractivity contribution in [3.8, 4) is 0 Å². The fourth-order valence-electron chi connectivity index (χ4n) is 2.63. The second kappa shape index (κ2) is 5.87. The standard InChI is InChI=1S/C16H15F4NOS/c1-10(11-5-3-2-4-6-11)22-12-7-15(17,8-12)14-21-13(9-23-14)16(18,19)20/h2-6,9-10,12H,7-8H2,1H3/t10-,12-,15-/m0/s1. The Labute approximate surface area is 135 Å². The first kappa shape index (κ1) is 16.4. The zero-order valence-corrected chi connectivity index (χ0v) is 13.1. The molecule has 0 bridgehead atoms. The molecule has 0 spiro atoms. The minimum absolute atomic E-state index is 0.0367. The van der Waals surface area contributed by atoms with Crippen LogP contribution in [-0.2, 0) is 16.6 Å². The van der Waals surface area contributed by atoms with E-state index in [1.165, 1.54) is 0 Å². The molecule has 0 N–H and O–H groups in total. The molecular formula is C16H15F4NOS. The number of rotatable bonds is 4. The average molecular weight is 345 g/mol. The monoisotopic (exact) mass is 345 g/mol. The van der Waals surface area contributed by atoms with Crippen LogP contribution in [0.4, 0.5) is 17.6 Å². The van der Waals surface area contributed by atoms with Crippen LogP contribution < -0.4 is 0 Å². The molecule has 1 aromatic heterocycles. The van der Waals surface area contributed by atoms with Crippen LogP contribution in [0.25, 0.3) is 0 Å². The van der Waals surface area contributed by atoms with Gasteiger partial charge in [0.25, 0.3) is 0 Å². The molecule has 0 unspecified atom stereocenters. The van der Waals surface area contributed by atoms with Crippen molar-refractivity contribution in [3.63, 3.8) is 0 Å². The molecule has 7 heteroatoms. The third-order valence-electron chi connectivity index (χ3n) is 3.95. The van der Waals surface area contributed by atoms with E-state index >= 15 is 0 Å². The first-order valence-corrected chi connectivity index (χ1v) is 8.08. The van der Waals surface area contributed by atoms with Crippen LogP contribution in [0, 0.1) is 0 Å². The Bertz CT molecular complexity index is 664. The summed E-state index contributed by atoms with van der Waals surface area (Å²) in [5.74, 6) is 0. The molecule has 0 aliphatic heterocycles. The van der Waals surface area contributed by atoms with Crippen molar-refractivity contribution in [2.24, 2.45) is 0 Å². The summed E-state index contributed by atoms with van der Waals surface area (Å²) in [6.45, 7) is 1.87. The number of hydrogen-bond acceptors (Lipinski definition) is 3. The van der Waals surface area contributed by atoms with Gasteiger partial charge in [0.05, 0.1) is 12.2 Å². The van der Waals surface area contributed by atoms with Crippen molar-refractivity contribution in [1.82, 2.24) is 4.98 Å². The van der Waals surface area contributed by atoms with E-state index in [4.69, 9.17) is 4.74 Å². The van der Waals surface area contributed by atoms with E-state index in [1.807, 2.05) is 37.3 Å². The number of alkyl halides is 4. The quantitative estimate of drug-likeness (QED) is 0.705. The summed E-state index contributed by atoms with van der Waals surface area (Å²) in [7, 11) is 0. The summed E-state index contributed by atoms with van der Waals surface area (Å²) in [4.78, 5) is 3.41. The summed E-state index contributed by atoms with van der Waals surface area (Å²) < 4.78 is 58.1. The number of nitrogens with zero attached hydrogens (tertiary/aromatic N) is 1. The lowest BCUT2D eigenvalue weighted by Gasteiger charge is -2.40. The van der Waals surface area contributed by atoms with Crippen LogP contribution in [0.3, 0.4) is 0 Å². The Balaban J connectivity index is 1.60. The van der Waals surface area contributed by atoms with E-state index in [0.717, 1.165) is 10.9 Å². The van der Waals surface area contributed by atoms with Crippen LogP contribution in [0.15, 0.2) is 35.7 Å². The van der Waals surface area contributed by atoms with Crippen LogP contribution in [0.2, 0.25) is 0 Å². The molecule has 1 aromatic carbocycles. The van der Waals surface area contributed by atoms with Gasteiger partial charge < -0.3 is 4.74 Å². The molecule has 1 aliphatic carbocycles. The minimum atomic E-state index is -4.54. The van der Waals surface area contributed by atoms with Gasteiger partial charge in [-0.15, -0.1) is 11.3 Å². The summed E-state index contributed by atoms with van der Waals surface area (Å²) in [5.41, 5.74) is -1.86. The van der Waals surface area contributed by atoms with Crippen molar-refractivity contribution < 1.29 is 22.3 Å². The van der Waals surface area contributed by atoms with Crippen LogP contribution in [0.5, 0.6) is 0 Å². The number of aromatic nitrogens is 1. The summed E-state index contributed by atoms with van der Waals surface area (Å²) in [6, 6.07) is 9.52. The van der Waals surface area contributed by atoms with Gasteiger partial charge in [-0.1, -0.05) is 30.3 Å². The molecule has 1 aliphatic rings. The SMILES string of the molecule is C[C@H](O[C@H]1C[C@@](F)(c2nc(C(F)(F)F)cs2)C1)c1ccccc1. The largest absolute Gasteiger partial charge is 0.434 e. The topological polar surface area (TPSA) is 22.1 Å². The number of thiazole rings is 1. The molecule has 1 atom stereocenters. The smallest absolute Gasteiger partial charge is 0.370 e. The molecule has 0 saturated heterocycles. The number of ether oxygens (including phenoxy) is 1. The van der Waals surface area contributed by atoms with Gasteiger partial charge in [0.2, 0.25) is 0 Å². The maximum absolute atomic E-state index is 14.6. The maximum Gasteiger partial charge on any atom is 0.434 e. The molecule has 23 heavy (non-hydrogen) atoms. The maximum atomic E-state index is 14.6. The van der Waals surface area contributed by atoms with E-state index in [2.05, 4.69) is 4.98 Å². The lowest BCUT2D eigenvalue weighted by Crippen LogP contribution is -2.43. The van der Waals surface area contributed by atoms with Gasteiger partial charge >= 0.3 is 6.18 Å². The molecule has 1 saturated carbocycles. The Morgan fingerprint density at radius 2 is 1.91 bits per heavy atom. The van der Waals surface area contributed by atoms with Crippen LogP contribution in [-0.4, -0.2) is 11.1 Å². The highest BCUT2D eigenvalue weighted by molar-refractivity contribution is 7.09. The van der Waals surface area contributed by atoms with E-state index < -0.39 is 17.5 Å². The van der Waals surface area contributed by atoms with Gasteiger partial charge in [-0.05, 0) is 12.5 Å². The fraction of sp³-hybridized carbons (Fsp3) is 0.438. The van der Waals surface area contributed by atoms with Crippen molar-refractivity contribution in [2.45, 2.75) is 43.8 Å². The molecule has 2 aromatic rings. The highest BCUT2D eigenvalue weighted by Crippen LogP contribution is 2.49. The zero-order chi connectivity index (χ0) is 16.7. The molecular weight excluding hydrogens is 330 g/mol.